The monoisotopic (exact) mass is 416 g/mol. The molecule has 3 heteroatoms. The molecule has 0 N–H and O–H groups in total. The third-order valence-corrected chi connectivity index (χ3v) is 7.25. The van der Waals surface area contributed by atoms with Gasteiger partial charge in [0.1, 0.15) is 0 Å². The third kappa shape index (κ3) is 6.07. The second-order valence-corrected chi connectivity index (χ2v) is 9.34. The second-order valence-electron chi connectivity index (χ2n) is 9.34. The topological polar surface area (TPSA) is 9.23 Å². The van der Waals surface area contributed by atoms with E-state index in [0.29, 0.717) is 17.0 Å². The fraction of sp³-hybridized carbons (Fsp3) is 0.704. The summed E-state index contributed by atoms with van der Waals surface area (Å²) in [7, 11) is 1.71. The summed E-state index contributed by atoms with van der Waals surface area (Å²) in [6.07, 6.45) is 12.4. The van der Waals surface area contributed by atoms with E-state index in [4.69, 9.17) is 4.74 Å². The standard InChI is InChI=1S/C27H38F2O/c1-3-7-20-9-13-22(14-10-20)24-17-18-25(27(29)26(24)28)23-15-11-21(12-16-23)8-5-4-6-19-30-2/h17-18,20-23H,3-4,6-7,9-16,19H2,1-2H3. The summed E-state index contributed by atoms with van der Waals surface area (Å²) in [5.41, 5.74) is 1.20. The average Bonchev–Trinajstić information content (AvgIpc) is 2.77. The normalized spacial score (nSPS) is 26.8. The van der Waals surface area contributed by atoms with E-state index in [1.165, 1.54) is 12.8 Å². The van der Waals surface area contributed by atoms with Crippen molar-refractivity contribution in [2.75, 3.05) is 13.7 Å². The van der Waals surface area contributed by atoms with Crippen molar-refractivity contribution < 1.29 is 13.5 Å². The van der Waals surface area contributed by atoms with E-state index in [0.717, 1.165) is 76.7 Å². The number of halogens is 2. The van der Waals surface area contributed by atoms with E-state index in [2.05, 4.69) is 18.8 Å². The second kappa shape index (κ2) is 11.8. The maximum absolute atomic E-state index is 15.0. The van der Waals surface area contributed by atoms with Gasteiger partial charge in [0.15, 0.2) is 11.6 Å². The number of hydrogen-bond acceptors (Lipinski definition) is 1. The van der Waals surface area contributed by atoms with Crippen LogP contribution in [-0.2, 0) is 4.74 Å². The molecule has 0 bridgehead atoms. The number of hydrogen-bond donors (Lipinski definition) is 0. The number of unbranched alkanes of at least 4 members (excludes halogenated alkanes) is 1. The van der Waals surface area contributed by atoms with E-state index in [9.17, 15) is 4.39 Å². The van der Waals surface area contributed by atoms with Crippen molar-refractivity contribution in [1.82, 2.24) is 0 Å². The lowest BCUT2D eigenvalue weighted by Crippen LogP contribution is -2.17. The SMILES string of the molecule is CCCC1CCC(c2ccc(C3CCC(C#CCCCOC)CC3)c(F)c2F)CC1. The van der Waals surface area contributed by atoms with Crippen molar-refractivity contribution in [3.63, 3.8) is 0 Å². The molecule has 166 valence electrons. The lowest BCUT2D eigenvalue weighted by atomic mass is 9.75. The lowest BCUT2D eigenvalue weighted by molar-refractivity contribution is 0.196. The molecule has 2 saturated carbocycles. The molecule has 30 heavy (non-hydrogen) atoms. The zero-order chi connectivity index (χ0) is 21.3. The first-order valence-electron chi connectivity index (χ1n) is 12.1. The summed E-state index contributed by atoms with van der Waals surface area (Å²) in [4.78, 5) is 0. The highest BCUT2D eigenvalue weighted by Gasteiger charge is 2.29. The summed E-state index contributed by atoms with van der Waals surface area (Å²) in [5.74, 6) is 6.95. The van der Waals surface area contributed by atoms with Crippen molar-refractivity contribution in [2.24, 2.45) is 11.8 Å². The molecule has 2 aliphatic carbocycles. The molecule has 0 radical (unpaired) electrons. The van der Waals surface area contributed by atoms with Crippen LogP contribution in [-0.4, -0.2) is 13.7 Å². The molecule has 1 aromatic carbocycles. The van der Waals surface area contributed by atoms with Gasteiger partial charge in [-0.3, -0.25) is 0 Å². The van der Waals surface area contributed by atoms with Crippen LogP contribution in [0.4, 0.5) is 8.78 Å². The van der Waals surface area contributed by atoms with Gasteiger partial charge >= 0.3 is 0 Å². The molecule has 1 nitrogen and oxygen atoms in total. The molecule has 0 heterocycles. The van der Waals surface area contributed by atoms with Crippen molar-refractivity contribution in [2.45, 2.75) is 95.8 Å². The Morgan fingerprint density at radius 2 is 1.47 bits per heavy atom. The van der Waals surface area contributed by atoms with E-state index in [-0.39, 0.29) is 11.8 Å². The van der Waals surface area contributed by atoms with Gasteiger partial charge in [-0.05, 0) is 86.7 Å². The van der Waals surface area contributed by atoms with Crippen LogP contribution < -0.4 is 0 Å². The van der Waals surface area contributed by atoms with E-state index in [1.54, 1.807) is 7.11 Å². The lowest BCUT2D eigenvalue weighted by Gasteiger charge is -2.30. The van der Waals surface area contributed by atoms with Crippen LogP contribution in [0.2, 0.25) is 0 Å². The number of benzene rings is 1. The molecule has 0 amide bonds. The van der Waals surface area contributed by atoms with Gasteiger partial charge in [0, 0.05) is 26.1 Å². The minimum atomic E-state index is -0.586. The largest absolute Gasteiger partial charge is 0.385 e. The first-order chi connectivity index (χ1) is 14.6. The van der Waals surface area contributed by atoms with Crippen molar-refractivity contribution in [3.8, 4) is 11.8 Å². The maximum Gasteiger partial charge on any atom is 0.162 e. The van der Waals surface area contributed by atoms with Gasteiger partial charge in [-0.2, -0.15) is 0 Å². The van der Waals surface area contributed by atoms with Gasteiger partial charge in [-0.1, -0.05) is 37.8 Å². The summed E-state index contributed by atoms with van der Waals surface area (Å²) >= 11 is 0. The summed E-state index contributed by atoms with van der Waals surface area (Å²) < 4.78 is 35.0. The Balaban J connectivity index is 1.56. The maximum atomic E-state index is 15.0. The van der Waals surface area contributed by atoms with Crippen LogP contribution in [0.5, 0.6) is 0 Å². The van der Waals surface area contributed by atoms with Gasteiger partial charge in [0.05, 0.1) is 0 Å². The van der Waals surface area contributed by atoms with Gasteiger partial charge in [0.2, 0.25) is 0 Å². The van der Waals surface area contributed by atoms with Crippen molar-refractivity contribution in [3.05, 3.63) is 34.9 Å². The highest BCUT2D eigenvalue weighted by molar-refractivity contribution is 5.32. The molecule has 2 aliphatic rings. The Morgan fingerprint density at radius 1 is 0.900 bits per heavy atom. The zero-order valence-electron chi connectivity index (χ0n) is 18.8. The Kier molecular flexibility index (Phi) is 9.19. The predicted molar refractivity (Wildman–Crippen MR) is 120 cm³/mol. The van der Waals surface area contributed by atoms with Crippen LogP contribution in [0, 0.1) is 35.3 Å². The third-order valence-electron chi connectivity index (χ3n) is 7.25. The predicted octanol–water partition coefficient (Wildman–Crippen LogP) is 7.74. The molecule has 0 unspecified atom stereocenters. The number of ether oxygens (including phenoxy) is 1. The van der Waals surface area contributed by atoms with Crippen LogP contribution in [0.25, 0.3) is 0 Å². The minimum absolute atomic E-state index is 0.125. The first kappa shape index (κ1) is 23.3. The van der Waals surface area contributed by atoms with Crippen LogP contribution >= 0.6 is 0 Å². The van der Waals surface area contributed by atoms with Crippen molar-refractivity contribution >= 4 is 0 Å². The molecule has 0 spiro atoms. The minimum Gasteiger partial charge on any atom is -0.385 e. The fourth-order valence-corrected chi connectivity index (χ4v) is 5.45. The van der Waals surface area contributed by atoms with E-state index >= 15 is 4.39 Å². The summed E-state index contributed by atoms with van der Waals surface area (Å²) in [5, 5.41) is 0. The summed E-state index contributed by atoms with van der Waals surface area (Å²) in [6, 6.07) is 3.77. The van der Waals surface area contributed by atoms with Crippen LogP contribution in [0.15, 0.2) is 12.1 Å². The first-order valence-corrected chi connectivity index (χ1v) is 12.1. The highest BCUT2D eigenvalue weighted by atomic mass is 19.2. The molecule has 0 saturated heterocycles. The molecular formula is C27H38F2O. The molecule has 0 aliphatic heterocycles. The fourth-order valence-electron chi connectivity index (χ4n) is 5.45. The highest BCUT2D eigenvalue weighted by Crippen LogP contribution is 2.41. The van der Waals surface area contributed by atoms with Gasteiger partial charge < -0.3 is 4.74 Å². The Labute approximate surface area is 182 Å². The van der Waals surface area contributed by atoms with Crippen LogP contribution in [0.1, 0.15) is 107 Å². The summed E-state index contributed by atoms with van der Waals surface area (Å²) in [6.45, 7) is 2.98. The quantitative estimate of drug-likeness (QED) is 0.326. The molecule has 2 fully saturated rings. The van der Waals surface area contributed by atoms with E-state index < -0.39 is 11.6 Å². The van der Waals surface area contributed by atoms with Gasteiger partial charge in [-0.25, -0.2) is 8.78 Å². The van der Waals surface area contributed by atoms with Crippen LogP contribution in [0.3, 0.4) is 0 Å². The average molecular weight is 417 g/mol. The van der Waals surface area contributed by atoms with Gasteiger partial charge in [0.25, 0.3) is 0 Å². The number of methoxy groups -OCH3 is 1. The molecule has 3 rings (SSSR count). The molecule has 0 atom stereocenters. The molecule has 0 aromatic heterocycles. The zero-order valence-corrected chi connectivity index (χ0v) is 18.8. The Morgan fingerprint density at radius 3 is 2.00 bits per heavy atom. The Hall–Kier alpha value is -1.40. The van der Waals surface area contributed by atoms with E-state index in [1.807, 2.05) is 12.1 Å². The number of rotatable bonds is 7. The van der Waals surface area contributed by atoms with Crippen molar-refractivity contribution in [1.29, 1.82) is 0 Å². The van der Waals surface area contributed by atoms with Gasteiger partial charge in [-0.15, -0.1) is 5.92 Å². The molecular weight excluding hydrogens is 378 g/mol. The smallest absolute Gasteiger partial charge is 0.162 e. The molecule has 1 aromatic rings. The Bertz CT molecular complexity index is 716.